The molecule has 0 unspecified atom stereocenters. The molecule has 0 fully saturated rings. The third kappa shape index (κ3) is 11.0. The largest absolute Gasteiger partial charge is 0.381 e. The van der Waals surface area contributed by atoms with E-state index in [2.05, 4.69) is 24.5 Å². The highest BCUT2D eigenvalue weighted by atomic mass is 16.5. The number of amides is 1. The number of nitriles is 1. The molecule has 5 nitrogen and oxygen atoms in total. The summed E-state index contributed by atoms with van der Waals surface area (Å²) in [6.45, 7) is 6.78. The Morgan fingerprint density at radius 1 is 1.50 bits per heavy atom. The van der Waals surface area contributed by atoms with Crippen LogP contribution in [0.2, 0.25) is 0 Å². The molecule has 0 bridgehead atoms. The summed E-state index contributed by atoms with van der Waals surface area (Å²) in [7, 11) is 0. The molecule has 1 amide bonds. The molecule has 0 atom stereocenters. The minimum absolute atomic E-state index is 0.0675. The molecule has 0 saturated heterocycles. The molecule has 0 aromatic carbocycles. The van der Waals surface area contributed by atoms with Crippen molar-refractivity contribution in [3.05, 3.63) is 0 Å². The highest BCUT2D eigenvalue weighted by Gasteiger charge is 1.98. The Labute approximate surface area is 97.2 Å². The van der Waals surface area contributed by atoms with Crippen molar-refractivity contribution in [2.24, 2.45) is 5.92 Å². The molecule has 92 valence electrons. The molecule has 0 rings (SSSR count). The topological polar surface area (TPSA) is 74.2 Å². The maximum Gasteiger partial charge on any atom is 0.234 e. The highest BCUT2D eigenvalue weighted by molar-refractivity contribution is 5.78. The van der Waals surface area contributed by atoms with Crippen LogP contribution >= 0.6 is 0 Å². The maximum absolute atomic E-state index is 11.0. The smallest absolute Gasteiger partial charge is 0.234 e. The first-order chi connectivity index (χ1) is 7.66. The van der Waals surface area contributed by atoms with E-state index >= 15 is 0 Å². The van der Waals surface area contributed by atoms with Crippen molar-refractivity contribution in [1.82, 2.24) is 10.6 Å². The van der Waals surface area contributed by atoms with Crippen LogP contribution in [0.1, 0.15) is 20.3 Å². The summed E-state index contributed by atoms with van der Waals surface area (Å²) >= 11 is 0. The van der Waals surface area contributed by atoms with Gasteiger partial charge in [-0.3, -0.25) is 4.79 Å². The number of ether oxygens (including phenoxy) is 1. The van der Waals surface area contributed by atoms with Gasteiger partial charge in [-0.2, -0.15) is 5.26 Å². The van der Waals surface area contributed by atoms with Gasteiger partial charge in [-0.1, -0.05) is 13.8 Å². The first-order valence-corrected chi connectivity index (χ1v) is 5.59. The summed E-state index contributed by atoms with van der Waals surface area (Å²) < 4.78 is 5.38. The van der Waals surface area contributed by atoms with Crippen LogP contribution in [-0.4, -0.2) is 38.8 Å². The van der Waals surface area contributed by atoms with Gasteiger partial charge in [0.15, 0.2) is 0 Å². The van der Waals surface area contributed by atoms with Crippen molar-refractivity contribution in [1.29, 1.82) is 5.26 Å². The van der Waals surface area contributed by atoms with Gasteiger partial charge in [0.2, 0.25) is 5.91 Å². The van der Waals surface area contributed by atoms with Crippen LogP contribution in [0.3, 0.4) is 0 Å². The Hall–Kier alpha value is -1.12. The number of hydrogen-bond donors (Lipinski definition) is 2. The van der Waals surface area contributed by atoms with E-state index in [1.807, 2.05) is 6.07 Å². The fraction of sp³-hybridized carbons (Fsp3) is 0.818. The Kier molecular flexibility index (Phi) is 9.67. The van der Waals surface area contributed by atoms with Gasteiger partial charge >= 0.3 is 0 Å². The van der Waals surface area contributed by atoms with Crippen LogP contribution in [0.5, 0.6) is 0 Å². The van der Waals surface area contributed by atoms with Crippen molar-refractivity contribution in [3.63, 3.8) is 0 Å². The van der Waals surface area contributed by atoms with Crippen molar-refractivity contribution >= 4 is 5.91 Å². The maximum atomic E-state index is 11.0. The predicted octanol–water partition coefficient (Wildman–Crippen LogP) is 0.278. The zero-order chi connectivity index (χ0) is 12.2. The normalized spacial score (nSPS) is 10.1. The van der Waals surface area contributed by atoms with Crippen molar-refractivity contribution in [2.45, 2.75) is 20.3 Å². The molecule has 0 aromatic rings. The molecule has 0 spiro atoms. The molecule has 0 saturated carbocycles. The van der Waals surface area contributed by atoms with Gasteiger partial charge < -0.3 is 15.4 Å². The molecule has 0 aliphatic heterocycles. The van der Waals surface area contributed by atoms with Crippen molar-refractivity contribution in [2.75, 3.05) is 32.8 Å². The highest BCUT2D eigenvalue weighted by Crippen LogP contribution is 1.92. The molecule has 0 aliphatic carbocycles. The summed E-state index contributed by atoms with van der Waals surface area (Å²) in [4.78, 5) is 11.0. The van der Waals surface area contributed by atoms with E-state index in [4.69, 9.17) is 10.00 Å². The fourth-order valence-electron chi connectivity index (χ4n) is 1.02. The Bertz CT molecular complexity index is 224. The van der Waals surface area contributed by atoms with E-state index in [1.54, 1.807) is 0 Å². The van der Waals surface area contributed by atoms with Gasteiger partial charge in [0.05, 0.1) is 12.6 Å². The van der Waals surface area contributed by atoms with Gasteiger partial charge in [-0.15, -0.1) is 0 Å². The first-order valence-electron chi connectivity index (χ1n) is 5.59. The SMILES string of the molecule is CC(C)COCCCNCC(=O)NCC#N. The quantitative estimate of drug-likeness (QED) is 0.438. The van der Waals surface area contributed by atoms with Gasteiger partial charge in [0.1, 0.15) is 6.54 Å². The number of rotatable bonds is 9. The zero-order valence-corrected chi connectivity index (χ0v) is 10.1. The van der Waals surface area contributed by atoms with E-state index in [0.717, 1.165) is 19.6 Å². The first kappa shape index (κ1) is 14.9. The number of nitrogens with one attached hydrogen (secondary N) is 2. The summed E-state index contributed by atoms with van der Waals surface area (Å²) in [5.74, 6) is 0.411. The van der Waals surface area contributed by atoms with Crippen LogP contribution in [0.15, 0.2) is 0 Å². The molecule has 2 N–H and O–H groups in total. The van der Waals surface area contributed by atoms with Gasteiger partial charge in [0, 0.05) is 13.2 Å². The van der Waals surface area contributed by atoms with Gasteiger partial charge in [-0.05, 0) is 18.9 Å². The van der Waals surface area contributed by atoms with Crippen LogP contribution in [0.4, 0.5) is 0 Å². The molecule has 0 aromatic heterocycles. The van der Waals surface area contributed by atoms with E-state index in [9.17, 15) is 4.79 Å². The Morgan fingerprint density at radius 2 is 2.25 bits per heavy atom. The third-order valence-electron chi connectivity index (χ3n) is 1.74. The lowest BCUT2D eigenvalue weighted by molar-refractivity contribution is -0.120. The predicted molar refractivity (Wildman–Crippen MR) is 61.8 cm³/mol. The second kappa shape index (κ2) is 10.4. The van der Waals surface area contributed by atoms with Crippen molar-refractivity contribution in [3.8, 4) is 6.07 Å². The average Bonchev–Trinajstić information content (AvgIpc) is 2.24. The molecule has 5 heteroatoms. The molecule has 16 heavy (non-hydrogen) atoms. The average molecular weight is 227 g/mol. The number of carbonyl (C=O) groups is 1. The molecular weight excluding hydrogens is 206 g/mol. The zero-order valence-electron chi connectivity index (χ0n) is 10.1. The lowest BCUT2D eigenvalue weighted by Gasteiger charge is -2.07. The Balaban J connectivity index is 3.15. The van der Waals surface area contributed by atoms with E-state index in [-0.39, 0.29) is 19.0 Å². The van der Waals surface area contributed by atoms with Crippen LogP contribution in [0, 0.1) is 17.2 Å². The van der Waals surface area contributed by atoms with E-state index in [0.29, 0.717) is 12.5 Å². The van der Waals surface area contributed by atoms with Crippen molar-refractivity contribution < 1.29 is 9.53 Å². The minimum Gasteiger partial charge on any atom is -0.381 e. The standard InChI is InChI=1S/C11H21N3O2/c1-10(2)9-16-7-3-5-13-8-11(15)14-6-4-12/h10,13H,3,5-9H2,1-2H3,(H,14,15). The van der Waals surface area contributed by atoms with Gasteiger partial charge in [-0.25, -0.2) is 0 Å². The monoisotopic (exact) mass is 227 g/mol. The number of nitrogens with zero attached hydrogens (tertiary/aromatic N) is 1. The van der Waals surface area contributed by atoms with Crippen LogP contribution < -0.4 is 10.6 Å². The second-order valence-corrected chi connectivity index (χ2v) is 3.93. The second-order valence-electron chi connectivity index (χ2n) is 3.93. The van der Waals surface area contributed by atoms with E-state index in [1.165, 1.54) is 0 Å². The van der Waals surface area contributed by atoms with Crippen LogP contribution in [0.25, 0.3) is 0 Å². The Morgan fingerprint density at radius 3 is 2.88 bits per heavy atom. The summed E-state index contributed by atoms with van der Waals surface area (Å²) in [5, 5.41) is 13.7. The molecule has 0 aliphatic rings. The molecule has 0 heterocycles. The summed E-state index contributed by atoms with van der Waals surface area (Å²) in [6, 6.07) is 1.85. The molecule has 0 radical (unpaired) electrons. The van der Waals surface area contributed by atoms with Gasteiger partial charge in [0.25, 0.3) is 0 Å². The van der Waals surface area contributed by atoms with Crippen LogP contribution in [-0.2, 0) is 9.53 Å². The lowest BCUT2D eigenvalue weighted by atomic mass is 10.2. The number of hydrogen-bond acceptors (Lipinski definition) is 4. The summed E-state index contributed by atoms with van der Waals surface area (Å²) in [5.41, 5.74) is 0. The lowest BCUT2D eigenvalue weighted by Crippen LogP contribution is -2.34. The minimum atomic E-state index is -0.148. The number of carbonyl (C=O) groups excluding carboxylic acids is 1. The molecular formula is C11H21N3O2. The summed E-state index contributed by atoms with van der Waals surface area (Å²) in [6.07, 6.45) is 0.887. The third-order valence-corrected chi connectivity index (χ3v) is 1.74. The fourth-order valence-corrected chi connectivity index (χ4v) is 1.02. The van der Waals surface area contributed by atoms with E-state index < -0.39 is 0 Å².